The predicted octanol–water partition coefficient (Wildman–Crippen LogP) is 5.30. The van der Waals surface area contributed by atoms with Crippen molar-refractivity contribution in [1.29, 1.82) is 0 Å². The summed E-state index contributed by atoms with van der Waals surface area (Å²) in [5.41, 5.74) is 11.1. The summed E-state index contributed by atoms with van der Waals surface area (Å²) in [4.78, 5) is 22.9. The van der Waals surface area contributed by atoms with Gasteiger partial charge in [-0.25, -0.2) is 9.37 Å². The van der Waals surface area contributed by atoms with Crippen molar-refractivity contribution < 1.29 is 39.7 Å². The molecule has 3 heterocycles. The number of thiazole rings is 1. The molecule has 0 atom stereocenters. The summed E-state index contributed by atoms with van der Waals surface area (Å²) in [6, 6.07) is 11.0. The zero-order valence-electron chi connectivity index (χ0n) is 22.6. The first-order valence-electron chi connectivity index (χ1n) is 12.4. The third-order valence-corrected chi connectivity index (χ3v) is 7.95. The number of nitrogens with zero attached hydrogens (tertiary/aromatic N) is 3. The summed E-state index contributed by atoms with van der Waals surface area (Å²) in [7, 11) is -3.87. The molecule has 0 bridgehead atoms. The second-order valence-corrected chi connectivity index (χ2v) is 12.0. The Morgan fingerprint density at radius 1 is 1.14 bits per heavy atom. The Morgan fingerprint density at radius 3 is 2.49 bits per heavy atom. The first-order chi connectivity index (χ1) is 20.1. The third kappa shape index (κ3) is 7.10. The van der Waals surface area contributed by atoms with E-state index in [9.17, 15) is 18.0 Å². The number of halogens is 4. The average Bonchev–Trinajstić information content (AvgIpc) is 3.53. The number of likely N-dealkylation sites (N-methyl/N-ethyl adjacent to an activating group) is 1. The van der Waals surface area contributed by atoms with Gasteiger partial charge in [-0.1, -0.05) is 17.4 Å². The van der Waals surface area contributed by atoms with Gasteiger partial charge in [0, 0.05) is 42.0 Å². The number of rotatable bonds is 7. The van der Waals surface area contributed by atoms with E-state index in [2.05, 4.69) is 14.9 Å². The Kier molecular flexibility index (Phi) is 9.05. The number of pyridine rings is 1. The number of nitrogens with two attached hydrogens (primary N) is 2. The van der Waals surface area contributed by atoms with E-state index in [0.717, 1.165) is 15.8 Å². The number of carbonyl (C=O) groups is 1. The molecule has 0 spiro atoms. The van der Waals surface area contributed by atoms with Crippen LogP contribution in [0.25, 0.3) is 32.4 Å². The van der Waals surface area contributed by atoms with Gasteiger partial charge in [0.05, 0.1) is 16.5 Å². The predicted molar refractivity (Wildman–Crippen MR) is 154 cm³/mol. The lowest BCUT2D eigenvalue weighted by molar-refractivity contribution is -0.0510. The number of alkyl halides is 3. The maximum Gasteiger partial charge on any atom is 0.522 e. The van der Waals surface area contributed by atoms with E-state index in [1.807, 2.05) is 25.2 Å². The molecule has 16 heteroatoms. The van der Waals surface area contributed by atoms with Gasteiger partial charge in [0.15, 0.2) is 10.7 Å². The number of nitrogen functional groups attached to an aromatic ring is 1. The molecule has 5 N–H and O–H groups in total. The van der Waals surface area contributed by atoms with E-state index in [0.29, 0.717) is 58.0 Å². The first-order valence-corrected chi connectivity index (χ1v) is 14.6. The Bertz CT molecular complexity index is 1920. The molecule has 2 aromatic carbocycles. The van der Waals surface area contributed by atoms with E-state index in [1.165, 1.54) is 23.7 Å². The lowest BCUT2D eigenvalue weighted by Crippen LogP contribution is -2.22. The van der Waals surface area contributed by atoms with E-state index in [4.69, 9.17) is 28.9 Å². The molecule has 3 aromatic heterocycles. The highest BCUT2D eigenvalue weighted by molar-refractivity contribution is 7.86. The molecule has 228 valence electrons. The van der Waals surface area contributed by atoms with Crippen LogP contribution in [-0.4, -0.2) is 52.8 Å². The summed E-state index contributed by atoms with van der Waals surface area (Å²) in [5, 5.41) is 0.544. The zero-order chi connectivity index (χ0) is 31.7. The second kappa shape index (κ2) is 12.2. The van der Waals surface area contributed by atoms with Crippen LogP contribution in [0.15, 0.2) is 53.3 Å². The summed E-state index contributed by atoms with van der Waals surface area (Å²) in [6.07, 6.45) is 3.51. The average molecular weight is 640 g/mol. The fourth-order valence-corrected chi connectivity index (χ4v) is 5.14. The number of benzene rings is 2. The van der Waals surface area contributed by atoms with Crippen molar-refractivity contribution in [2.45, 2.75) is 25.4 Å². The fraction of sp³-hybridized carbons (Fsp3) is 0.222. The number of fused-ring (bicyclic) bond motifs is 2. The minimum Gasteiger partial charge on any atom is -0.462 e. The molecule has 5 rings (SSSR count). The molecular formula is C27H25F4N5O5S2. The smallest absolute Gasteiger partial charge is 0.462 e. The van der Waals surface area contributed by atoms with Crippen LogP contribution >= 0.6 is 11.3 Å². The van der Waals surface area contributed by atoms with Gasteiger partial charge in [0.25, 0.3) is 0 Å². The maximum absolute atomic E-state index is 15.9. The van der Waals surface area contributed by atoms with Crippen molar-refractivity contribution in [3.63, 3.8) is 0 Å². The number of hydrogen-bond acceptors (Lipinski definition) is 9. The van der Waals surface area contributed by atoms with Crippen molar-refractivity contribution in [1.82, 2.24) is 14.9 Å². The van der Waals surface area contributed by atoms with Gasteiger partial charge in [0.2, 0.25) is 5.91 Å². The molecule has 1 amide bonds. The second-order valence-electron chi connectivity index (χ2n) is 9.51. The Hall–Kier alpha value is -4.12. The van der Waals surface area contributed by atoms with Gasteiger partial charge in [0.1, 0.15) is 11.3 Å². The number of carbonyl (C=O) groups excluding carboxylic acids is 1. The largest absolute Gasteiger partial charge is 0.522 e. The topological polar surface area (TPSA) is 166 Å². The number of primary amides is 1. The van der Waals surface area contributed by atoms with Crippen molar-refractivity contribution in [2.24, 2.45) is 5.73 Å². The molecule has 0 unspecified atom stereocenters. The molecule has 0 saturated carbocycles. The van der Waals surface area contributed by atoms with Crippen molar-refractivity contribution >= 4 is 53.8 Å². The Labute approximate surface area is 246 Å². The van der Waals surface area contributed by atoms with Gasteiger partial charge in [-0.05, 0) is 61.3 Å². The molecule has 0 radical (unpaired) electrons. The van der Waals surface area contributed by atoms with Gasteiger partial charge in [-0.2, -0.15) is 21.6 Å². The highest BCUT2D eigenvalue weighted by Crippen LogP contribution is 2.34. The Balaban J connectivity index is 0.000000467. The van der Waals surface area contributed by atoms with E-state index in [1.54, 1.807) is 25.3 Å². The maximum atomic E-state index is 15.9. The van der Waals surface area contributed by atoms with Gasteiger partial charge < -0.3 is 20.8 Å². The molecular weight excluding hydrogens is 614 g/mol. The SMILES string of the molecule is Cc1c(C(N)=O)cc(-c2ccnc3ccoc23)c(F)c1CCN(C)Cc1ccc2sc(N)nc2c1.O=S(=O)(O)C(F)(F)F. The summed E-state index contributed by atoms with van der Waals surface area (Å²) in [6.45, 7) is 2.97. The molecule has 0 saturated heterocycles. The lowest BCUT2D eigenvalue weighted by atomic mass is 9.92. The monoisotopic (exact) mass is 639 g/mol. The van der Waals surface area contributed by atoms with Crippen LogP contribution in [0.2, 0.25) is 0 Å². The minimum atomic E-state index is -5.84. The van der Waals surface area contributed by atoms with Crippen molar-refractivity contribution in [3.05, 3.63) is 76.9 Å². The van der Waals surface area contributed by atoms with Crippen LogP contribution in [0.4, 0.5) is 22.7 Å². The van der Waals surface area contributed by atoms with Crippen LogP contribution in [0.3, 0.4) is 0 Å². The van der Waals surface area contributed by atoms with Crippen LogP contribution in [-0.2, 0) is 23.1 Å². The number of hydrogen-bond donors (Lipinski definition) is 3. The standard InChI is InChI=1S/C26H24FN5O2S.CHF3O3S/c1-14-16(6-9-32(2)13-15-3-4-22-21(11-15)31-26(29)35-22)23(27)19(12-18(14)25(28)33)17-5-8-30-20-7-10-34-24(17)20;2-1(3,4)8(5,6)7/h3-5,7-8,10-12H,6,9,13H2,1-2H3,(H2,28,33)(H2,29,31);(H,5,6,7). The molecule has 5 aromatic rings. The van der Waals surface area contributed by atoms with Gasteiger partial charge in [-0.3, -0.25) is 14.3 Å². The number of amides is 1. The molecule has 0 fully saturated rings. The summed E-state index contributed by atoms with van der Waals surface area (Å²) >= 11 is 1.46. The number of anilines is 1. The molecule has 43 heavy (non-hydrogen) atoms. The highest BCUT2D eigenvalue weighted by atomic mass is 32.2. The lowest BCUT2D eigenvalue weighted by Gasteiger charge is -2.20. The molecule has 10 nitrogen and oxygen atoms in total. The fourth-order valence-electron chi connectivity index (χ4n) is 4.42. The quantitative estimate of drug-likeness (QED) is 0.122. The normalized spacial score (nSPS) is 12.1. The summed E-state index contributed by atoms with van der Waals surface area (Å²) in [5.74, 6) is -0.983. The molecule has 0 aliphatic rings. The first kappa shape index (κ1) is 31.8. The number of furan rings is 1. The summed E-state index contributed by atoms with van der Waals surface area (Å²) < 4.78 is 80.0. The van der Waals surface area contributed by atoms with Gasteiger partial charge in [-0.15, -0.1) is 0 Å². The number of aromatic nitrogens is 2. The van der Waals surface area contributed by atoms with Crippen LogP contribution < -0.4 is 11.5 Å². The third-order valence-electron chi connectivity index (χ3n) is 6.50. The van der Waals surface area contributed by atoms with Crippen molar-refractivity contribution in [2.75, 3.05) is 19.3 Å². The van der Waals surface area contributed by atoms with Crippen LogP contribution in [0.5, 0.6) is 0 Å². The van der Waals surface area contributed by atoms with Crippen LogP contribution in [0.1, 0.15) is 27.0 Å². The minimum absolute atomic E-state index is 0.274. The molecule has 0 aliphatic carbocycles. The van der Waals surface area contributed by atoms with Crippen LogP contribution in [0, 0.1) is 12.7 Å². The highest BCUT2D eigenvalue weighted by Gasteiger charge is 2.44. The van der Waals surface area contributed by atoms with E-state index in [-0.39, 0.29) is 11.4 Å². The van der Waals surface area contributed by atoms with Gasteiger partial charge >= 0.3 is 15.6 Å². The Morgan fingerprint density at radius 2 is 1.84 bits per heavy atom. The van der Waals surface area contributed by atoms with E-state index < -0.39 is 21.5 Å². The molecule has 0 aliphatic heterocycles. The van der Waals surface area contributed by atoms with E-state index >= 15 is 4.39 Å². The van der Waals surface area contributed by atoms with Crippen molar-refractivity contribution in [3.8, 4) is 11.1 Å². The zero-order valence-corrected chi connectivity index (χ0v) is 24.3.